The molecule has 0 fully saturated rings. The molecular formula is C12H16ClN3O3. The predicted molar refractivity (Wildman–Crippen MR) is 72.7 cm³/mol. The number of hydrogen-bond acceptors (Lipinski definition) is 4. The van der Waals surface area contributed by atoms with Gasteiger partial charge in [-0.15, -0.1) is 0 Å². The van der Waals surface area contributed by atoms with Crippen LogP contribution in [0.2, 0.25) is 5.02 Å². The summed E-state index contributed by atoms with van der Waals surface area (Å²) < 4.78 is 0. The second-order valence-corrected chi connectivity index (χ2v) is 4.69. The zero-order chi connectivity index (χ0) is 14.6. The molecule has 0 saturated heterocycles. The number of halogens is 1. The molecule has 0 unspecified atom stereocenters. The molecule has 0 aliphatic carbocycles. The summed E-state index contributed by atoms with van der Waals surface area (Å²) in [7, 11) is 0. The summed E-state index contributed by atoms with van der Waals surface area (Å²) in [6, 6.07) is 4.05. The summed E-state index contributed by atoms with van der Waals surface area (Å²) in [6.45, 7) is 3.63. The van der Waals surface area contributed by atoms with Crippen molar-refractivity contribution in [3.8, 4) is 5.75 Å². The Bertz CT molecular complexity index is 503. The minimum absolute atomic E-state index is 0.00545. The molecule has 0 heterocycles. The summed E-state index contributed by atoms with van der Waals surface area (Å²) in [5.74, 6) is -0.471. The van der Waals surface area contributed by atoms with Gasteiger partial charge in [-0.1, -0.05) is 16.8 Å². The molecular weight excluding hydrogens is 270 g/mol. The Hall–Kier alpha value is -1.95. The van der Waals surface area contributed by atoms with E-state index in [4.69, 9.17) is 22.5 Å². The van der Waals surface area contributed by atoms with Gasteiger partial charge in [-0.25, -0.2) is 0 Å². The number of carbonyl (C=O) groups is 1. The molecule has 6 nitrogen and oxygen atoms in total. The fourth-order valence-electron chi connectivity index (χ4n) is 1.50. The predicted octanol–water partition coefficient (Wildman–Crippen LogP) is 1.64. The zero-order valence-electron chi connectivity index (χ0n) is 10.7. The maximum Gasteiger partial charge on any atom is 0.254 e. The lowest BCUT2D eigenvalue weighted by Crippen LogP contribution is -2.42. The number of amides is 1. The highest BCUT2D eigenvalue weighted by Gasteiger charge is 2.20. The van der Waals surface area contributed by atoms with Gasteiger partial charge >= 0.3 is 0 Å². The highest BCUT2D eigenvalue weighted by molar-refractivity contribution is 6.32. The number of aromatic hydroxyl groups is 1. The van der Waals surface area contributed by atoms with Gasteiger partial charge in [0.05, 0.1) is 11.6 Å². The lowest BCUT2D eigenvalue weighted by molar-refractivity contribution is 0.0734. The molecule has 1 amide bonds. The molecule has 104 valence electrons. The van der Waals surface area contributed by atoms with E-state index in [1.807, 2.05) is 13.8 Å². The van der Waals surface area contributed by atoms with Gasteiger partial charge in [0.25, 0.3) is 5.91 Å². The molecule has 0 atom stereocenters. The fourth-order valence-corrected chi connectivity index (χ4v) is 1.68. The van der Waals surface area contributed by atoms with Crippen LogP contribution in [0.1, 0.15) is 24.2 Å². The first-order chi connectivity index (χ1) is 8.86. The Balaban J connectivity index is 3.02. The van der Waals surface area contributed by atoms with E-state index in [1.54, 1.807) is 0 Å². The quantitative estimate of drug-likeness (QED) is 0.339. The number of phenolic OH excluding ortho intramolecular Hbond substituents is 1. The van der Waals surface area contributed by atoms with E-state index in [0.29, 0.717) is 5.56 Å². The number of carbonyl (C=O) groups excluding carboxylic acids is 1. The number of nitrogens with two attached hydrogens (primary N) is 1. The summed E-state index contributed by atoms with van der Waals surface area (Å²) in [4.78, 5) is 13.7. The molecule has 1 aromatic rings. The lowest BCUT2D eigenvalue weighted by Gasteiger charge is -2.26. The van der Waals surface area contributed by atoms with Crippen LogP contribution < -0.4 is 5.73 Å². The highest BCUT2D eigenvalue weighted by Crippen LogP contribution is 2.24. The van der Waals surface area contributed by atoms with Crippen LogP contribution in [0.25, 0.3) is 0 Å². The molecule has 7 heteroatoms. The molecule has 0 aliphatic heterocycles. The average Bonchev–Trinajstić information content (AvgIpc) is 2.37. The van der Waals surface area contributed by atoms with Gasteiger partial charge in [-0.05, 0) is 32.0 Å². The van der Waals surface area contributed by atoms with Crippen molar-refractivity contribution >= 4 is 23.3 Å². The van der Waals surface area contributed by atoms with E-state index in [9.17, 15) is 9.90 Å². The number of amidine groups is 1. The van der Waals surface area contributed by atoms with Crippen LogP contribution in [0.4, 0.5) is 0 Å². The highest BCUT2D eigenvalue weighted by atomic mass is 35.5. The molecule has 1 aromatic carbocycles. The summed E-state index contributed by atoms with van der Waals surface area (Å²) in [6.07, 6.45) is 0. The fraction of sp³-hybridized carbons (Fsp3) is 0.333. The van der Waals surface area contributed by atoms with Crippen molar-refractivity contribution in [2.24, 2.45) is 10.9 Å². The SMILES string of the molecule is CC(C)N(CC(N)=NO)C(=O)c1ccc(O)c(Cl)c1. The van der Waals surface area contributed by atoms with Gasteiger partial charge in [0.2, 0.25) is 0 Å². The smallest absolute Gasteiger partial charge is 0.254 e. The topological polar surface area (TPSA) is 99.1 Å². The Kier molecular flexibility index (Phi) is 5.00. The van der Waals surface area contributed by atoms with Gasteiger partial charge in [-0.3, -0.25) is 4.79 Å². The summed E-state index contributed by atoms with van der Waals surface area (Å²) >= 11 is 5.77. The minimum Gasteiger partial charge on any atom is -0.506 e. The zero-order valence-corrected chi connectivity index (χ0v) is 11.4. The normalized spacial score (nSPS) is 11.7. The number of phenols is 1. The van der Waals surface area contributed by atoms with Gasteiger partial charge in [0, 0.05) is 11.6 Å². The molecule has 0 saturated carbocycles. The van der Waals surface area contributed by atoms with Crippen LogP contribution in [0.5, 0.6) is 5.75 Å². The number of benzene rings is 1. The van der Waals surface area contributed by atoms with E-state index < -0.39 is 0 Å². The van der Waals surface area contributed by atoms with Crippen molar-refractivity contribution in [2.75, 3.05) is 6.54 Å². The molecule has 1 rings (SSSR count). The first kappa shape index (κ1) is 15.1. The second kappa shape index (κ2) is 6.29. The Labute approximate surface area is 116 Å². The van der Waals surface area contributed by atoms with E-state index >= 15 is 0 Å². The summed E-state index contributed by atoms with van der Waals surface area (Å²) in [5, 5.41) is 20.8. The van der Waals surface area contributed by atoms with Crippen LogP contribution in [0.3, 0.4) is 0 Å². The monoisotopic (exact) mass is 285 g/mol. The molecule has 0 radical (unpaired) electrons. The first-order valence-corrected chi connectivity index (χ1v) is 6.00. The minimum atomic E-state index is -0.316. The van der Waals surface area contributed by atoms with Crippen molar-refractivity contribution < 1.29 is 15.1 Å². The van der Waals surface area contributed by atoms with Gasteiger partial charge in [0.1, 0.15) is 5.75 Å². The second-order valence-electron chi connectivity index (χ2n) is 4.28. The van der Waals surface area contributed by atoms with E-state index in [1.165, 1.54) is 23.1 Å². The molecule has 4 N–H and O–H groups in total. The average molecular weight is 286 g/mol. The number of oxime groups is 1. The maximum atomic E-state index is 12.3. The standard InChI is InChI=1S/C12H16ClN3O3/c1-7(2)16(6-11(14)15-19)12(18)8-3-4-10(17)9(13)5-8/h3-5,7,17,19H,6H2,1-2H3,(H2,14,15). The van der Waals surface area contributed by atoms with Crippen molar-refractivity contribution in [1.82, 2.24) is 4.90 Å². The van der Waals surface area contributed by atoms with E-state index in [-0.39, 0.29) is 35.1 Å². The van der Waals surface area contributed by atoms with Crippen LogP contribution in [0.15, 0.2) is 23.4 Å². The Morgan fingerprint density at radius 3 is 2.63 bits per heavy atom. The molecule has 19 heavy (non-hydrogen) atoms. The number of rotatable bonds is 4. The number of hydrogen-bond donors (Lipinski definition) is 3. The molecule has 0 aromatic heterocycles. The third-order valence-corrected chi connectivity index (χ3v) is 2.84. The largest absolute Gasteiger partial charge is 0.506 e. The van der Waals surface area contributed by atoms with Gasteiger partial charge < -0.3 is 20.9 Å². The van der Waals surface area contributed by atoms with Crippen molar-refractivity contribution in [3.05, 3.63) is 28.8 Å². The Morgan fingerprint density at radius 2 is 2.16 bits per heavy atom. The molecule has 0 aliphatic rings. The van der Waals surface area contributed by atoms with Gasteiger partial charge in [-0.2, -0.15) is 0 Å². The van der Waals surface area contributed by atoms with E-state index in [0.717, 1.165) is 0 Å². The van der Waals surface area contributed by atoms with Crippen LogP contribution in [-0.4, -0.2) is 39.5 Å². The number of nitrogens with zero attached hydrogens (tertiary/aromatic N) is 2. The molecule has 0 bridgehead atoms. The first-order valence-electron chi connectivity index (χ1n) is 5.62. The lowest BCUT2D eigenvalue weighted by atomic mass is 10.1. The molecule has 0 spiro atoms. The van der Waals surface area contributed by atoms with Crippen molar-refractivity contribution in [2.45, 2.75) is 19.9 Å². The van der Waals surface area contributed by atoms with Crippen molar-refractivity contribution in [1.29, 1.82) is 0 Å². The van der Waals surface area contributed by atoms with Crippen LogP contribution in [0, 0.1) is 0 Å². The third kappa shape index (κ3) is 3.75. The maximum absolute atomic E-state index is 12.3. The van der Waals surface area contributed by atoms with Crippen molar-refractivity contribution in [3.63, 3.8) is 0 Å². The third-order valence-electron chi connectivity index (χ3n) is 2.54. The van der Waals surface area contributed by atoms with Crippen LogP contribution in [-0.2, 0) is 0 Å². The summed E-state index contributed by atoms with van der Waals surface area (Å²) in [5.41, 5.74) is 5.74. The Morgan fingerprint density at radius 1 is 1.53 bits per heavy atom. The van der Waals surface area contributed by atoms with Crippen LogP contribution >= 0.6 is 11.6 Å². The van der Waals surface area contributed by atoms with Gasteiger partial charge in [0.15, 0.2) is 5.84 Å². The van der Waals surface area contributed by atoms with E-state index in [2.05, 4.69) is 5.16 Å².